The van der Waals surface area contributed by atoms with Gasteiger partial charge in [-0.15, -0.1) is 0 Å². The number of hydrogen-bond donors (Lipinski definition) is 1. The second-order valence-electron chi connectivity index (χ2n) is 8.34. The van der Waals surface area contributed by atoms with Crippen LogP contribution in [0.15, 0.2) is 85.1 Å². The van der Waals surface area contributed by atoms with Crippen LogP contribution >= 0.6 is 0 Å². The second kappa shape index (κ2) is 8.43. The molecule has 2 amide bonds. The zero-order valence-electron chi connectivity index (χ0n) is 18.7. The van der Waals surface area contributed by atoms with Gasteiger partial charge in [-0.25, -0.2) is 0 Å². The number of nitrogens with one attached hydrogen (secondary N) is 1. The van der Waals surface area contributed by atoms with E-state index in [2.05, 4.69) is 16.0 Å². The van der Waals surface area contributed by atoms with Crippen LogP contribution < -0.4 is 10.2 Å². The third-order valence-corrected chi connectivity index (χ3v) is 6.34. The molecule has 5 nitrogen and oxygen atoms in total. The van der Waals surface area contributed by atoms with Gasteiger partial charge in [-0.05, 0) is 79.6 Å². The Morgan fingerprint density at radius 2 is 1.58 bits per heavy atom. The summed E-state index contributed by atoms with van der Waals surface area (Å²) in [5.74, 6) is -0.209. The molecule has 0 aliphatic carbocycles. The van der Waals surface area contributed by atoms with Gasteiger partial charge in [0.2, 0.25) is 0 Å². The predicted molar refractivity (Wildman–Crippen MR) is 131 cm³/mol. The minimum Gasteiger partial charge on any atom is -0.322 e. The fourth-order valence-electron chi connectivity index (χ4n) is 4.36. The van der Waals surface area contributed by atoms with Crippen LogP contribution in [0.5, 0.6) is 0 Å². The summed E-state index contributed by atoms with van der Waals surface area (Å²) in [6.07, 6.45) is 2.81. The lowest BCUT2D eigenvalue weighted by Gasteiger charge is -2.23. The molecule has 164 valence electrons. The molecule has 1 aliphatic rings. The Labute approximate surface area is 193 Å². The molecule has 2 heterocycles. The van der Waals surface area contributed by atoms with Crippen LogP contribution in [0.1, 0.15) is 37.5 Å². The number of nitrogens with zero attached hydrogens (tertiary/aromatic N) is 2. The number of fused-ring (bicyclic) bond motifs is 3. The Morgan fingerprint density at radius 3 is 2.36 bits per heavy atom. The van der Waals surface area contributed by atoms with Gasteiger partial charge in [0.25, 0.3) is 11.8 Å². The highest BCUT2D eigenvalue weighted by Gasteiger charge is 2.24. The molecule has 1 aromatic heterocycles. The highest BCUT2D eigenvalue weighted by atomic mass is 16.2. The Kier molecular flexibility index (Phi) is 5.31. The lowest BCUT2D eigenvalue weighted by atomic mass is 10.0. The zero-order chi connectivity index (χ0) is 22.9. The van der Waals surface area contributed by atoms with E-state index in [1.165, 1.54) is 5.69 Å². The van der Waals surface area contributed by atoms with Gasteiger partial charge in [-0.2, -0.15) is 0 Å². The number of carbonyl (C=O) groups is 2. The number of rotatable bonds is 3. The molecule has 4 aromatic rings. The van der Waals surface area contributed by atoms with Crippen LogP contribution in [0.4, 0.5) is 11.4 Å². The van der Waals surface area contributed by atoms with Crippen LogP contribution in [0.2, 0.25) is 0 Å². The summed E-state index contributed by atoms with van der Waals surface area (Å²) in [5.41, 5.74) is 7.01. The minimum absolute atomic E-state index is 0.0550. The zero-order valence-corrected chi connectivity index (χ0v) is 18.7. The molecule has 0 saturated carbocycles. The van der Waals surface area contributed by atoms with Gasteiger partial charge in [-0.1, -0.05) is 24.3 Å². The number of aromatic nitrogens is 1. The molecule has 5 heteroatoms. The molecule has 0 bridgehead atoms. The largest absolute Gasteiger partial charge is 0.322 e. The van der Waals surface area contributed by atoms with Gasteiger partial charge in [0.15, 0.2) is 0 Å². The van der Waals surface area contributed by atoms with Crippen LogP contribution in [-0.2, 0) is 6.42 Å². The first kappa shape index (κ1) is 20.8. The van der Waals surface area contributed by atoms with E-state index in [-0.39, 0.29) is 11.8 Å². The quantitative estimate of drug-likeness (QED) is 0.459. The van der Waals surface area contributed by atoms with Crippen molar-refractivity contribution in [3.8, 4) is 5.69 Å². The SMILES string of the molecule is Cc1cccc(C(=O)Nc2ccc(C(=O)N3CCc4cccn4-c4ccccc43)cc2)c1C. The smallest absolute Gasteiger partial charge is 0.258 e. The van der Waals surface area contributed by atoms with E-state index in [1.54, 1.807) is 24.3 Å². The van der Waals surface area contributed by atoms with E-state index >= 15 is 0 Å². The van der Waals surface area contributed by atoms with Crippen molar-refractivity contribution in [2.24, 2.45) is 0 Å². The lowest BCUT2D eigenvalue weighted by molar-refractivity contribution is 0.0986. The first-order chi connectivity index (χ1) is 16.0. The molecule has 0 fully saturated rings. The van der Waals surface area contributed by atoms with Crippen molar-refractivity contribution in [3.05, 3.63) is 113 Å². The second-order valence-corrected chi connectivity index (χ2v) is 8.34. The molecular formula is C28H25N3O2. The van der Waals surface area contributed by atoms with Gasteiger partial charge in [-0.3, -0.25) is 9.59 Å². The Hall–Kier alpha value is -4.12. The number of benzene rings is 3. The summed E-state index contributed by atoms with van der Waals surface area (Å²) >= 11 is 0. The average Bonchev–Trinajstić information content (AvgIpc) is 3.24. The van der Waals surface area contributed by atoms with Crippen LogP contribution in [-0.4, -0.2) is 22.9 Å². The number of anilines is 2. The Morgan fingerprint density at radius 1 is 0.818 bits per heavy atom. The fourth-order valence-corrected chi connectivity index (χ4v) is 4.36. The van der Waals surface area contributed by atoms with Gasteiger partial charge < -0.3 is 14.8 Å². The number of amides is 2. The Balaban J connectivity index is 1.37. The van der Waals surface area contributed by atoms with Crippen LogP contribution in [0.3, 0.4) is 0 Å². The van der Waals surface area contributed by atoms with E-state index in [1.807, 2.05) is 73.5 Å². The third kappa shape index (κ3) is 3.82. The van der Waals surface area contributed by atoms with Gasteiger partial charge in [0.1, 0.15) is 0 Å². The van der Waals surface area contributed by atoms with Gasteiger partial charge >= 0.3 is 0 Å². The highest BCUT2D eigenvalue weighted by molar-refractivity contribution is 6.08. The van der Waals surface area contributed by atoms with E-state index in [0.29, 0.717) is 23.4 Å². The molecule has 0 spiro atoms. The maximum absolute atomic E-state index is 13.5. The van der Waals surface area contributed by atoms with Crippen molar-refractivity contribution in [2.45, 2.75) is 20.3 Å². The molecule has 1 N–H and O–H groups in total. The van der Waals surface area contributed by atoms with Crippen molar-refractivity contribution in [1.82, 2.24) is 4.57 Å². The minimum atomic E-state index is -0.154. The topological polar surface area (TPSA) is 54.3 Å². The average molecular weight is 436 g/mol. The highest BCUT2D eigenvalue weighted by Crippen LogP contribution is 2.30. The number of hydrogen-bond acceptors (Lipinski definition) is 2. The van der Waals surface area contributed by atoms with Gasteiger partial charge in [0, 0.05) is 41.7 Å². The normalized spacial score (nSPS) is 12.5. The van der Waals surface area contributed by atoms with E-state index in [4.69, 9.17) is 0 Å². The summed E-state index contributed by atoms with van der Waals surface area (Å²) in [7, 11) is 0. The van der Waals surface area contributed by atoms with E-state index in [9.17, 15) is 9.59 Å². The standard InChI is InChI=1S/C28H25N3O2/c1-19-7-5-9-24(20(19)2)27(32)29-22-14-12-21(13-15-22)28(33)31-18-16-23-8-6-17-30(23)25-10-3-4-11-26(25)31/h3-15,17H,16,18H2,1-2H3,(H,29,32). The number of aryl methyl sites for hydroxylation is 1. The maximum Gasteiger partial charge on any atom is 0.258 e. The fraction of sp³-hybridized carbons (Fsp3) is 0.143. The van der Waals surface area contributed by atoms with Crippen molar-refractivity contribution in [1.29, 1.82) is 0 Å². The molecule has 0 radical (unpaired) electrons. The van der Waals surface area contributed by atoms with Crippen molar-refractivity contribution in [2.75, 3.05) is 16.8 Å². The molecule has 0 unspecified atom stereocenters. The number of para-hydroxylation sites is 2. The lowest BCUT2D eigenvalue weighted by Crippen LogP contribution is -2.32. The van der Waals surface area contributed by atoms with Crippen LogP contribution in [0.25, 0.3) is 5.69 Å². The molecule has 5 rings (SSSR count). The predicted octanol–water partition coefficient (Wildman–Crippen LogP) is 5.55. The first-order valence-corrected chi connectivity index (χ1v) is 11.1. The van der Waals surface area contributed by atoms with Crippen molar-refractivity contribution >= 4 is 23.2 Å². The van der Waals surface area contributed by atoms with Crippen molar-refractivity contribution in [3.63, 3.8) is 0 Å². The maximum atomic E-state index is 13.5. The van der Waals surface area contributed by atoms with Crippen LogP contribution in [0, 0.1) is 13.8 Å². The summed E-state index contributed by atoms with van der Waals surface area (Å²) < 4.78 is 2.15. The van der Waals surface area contributed by atoms with E-state index in [0.717, 1.165) is 28.9 Å². The summed E-state index contributed by atoms with van der Waals surface area (Å²) in [6.45, 7) is 4.54. The summed E-state index contributed by atoms with van der Waals surface area (Å²) in [5, 5.41) is 2.94. The first-order valence-electron chi connectivity index (χ1n) is 11.1. The summed E-state index contributed by atoms with van der Waals surface area (Å²) in [6, 6.07) is 24.9. The molecule has 3 aromatic carbocycles. The molecule has 0 saturated heterocycles. The number of carbonyl (C=O) groups excluding carboxylic acids is 2. The molecule has 1 aliphatic heterocycles. The molecule has 33 heavy (non-hydrogen) atoms. The monoisotopic (exact) mass is 435 g/mol. The molecule has 0 atom stereocenters. The van der Waals surface area contributed by atoms with E-state index < -0.39 is 0 Å². The third-order valence-electron chi connectivity index (χ3n) is 6.34. The summed E-state index contributed by atoms with van der Waals surface area (Å²) in [4.78, 5) is 28.0. The molecular weight excluding hydrogens is 410 g/mol. The van der Waals surface area contributed by atoms with Crippen molar-refractivity contribution < 1.29 is 9.59 Å². The Bertz CT molecular complexity index is 1350. The van der Waals surface area contributed by atoms with Gasteiger partial charge in [0.05, 0.1) is 11.4 Å².